The number of hydrogen-bond donors (Lipinski definition) is 2. The molecule has 0 aromatic heterocycles. The van der Waals surface area contributed by atoms with E-state index in [0.29, 0.717) is 19.8 Å². The number of methoxy groups -OCH3 is 1. The summed E-state index contributed by atoms with van der Waals surface area (Å²) in [6, 6.07) is 9.56. The number of aliphatic imine (C=N–C) groups is 1. The Kier molecular flexibility index (Phi) is 6.81. The highest BCUT2D eigenvalue weighted by atomic mass is 16.6. The first kappa shape index (κ1) is 22.4. The SMILES string of the molecule is CCNC(=O)O[C@H]1[C@H](OCCOC)C2=CCN3C(C)=C(C)NC3C2=N[C@@H]1c1ccccc1. The van der Waals surface area contributed by atoms with E-state index in [-0.39, 0.29) is 12.2 Å². The maximum atomic E-state index is 12.5. The first-order chi connectivity index (χ1) is 15.5. The molecule has 0 aliphatic carbocycles. The number of fused-ring (bicyclic) bond motifs is 3. The van der Waals surface area contributed by atoms with Crippen LogP contribution in [0.2, 0.25) is 0 Å². The van der Waals surface area contributed by atoms with Gasteiger partial charge in [-0.2, -0.15) is 0 Å². The van der Waals surface area contributed by atoms with Crippen molar-refractivity contribution in [3.8, 4) is 0 Å². The van der Waals surface area contributed by atoms with Gasteiger partial charge >= 0.3 is 6.09 Å². The quantitative estimate of drug-likeness (QED) is 0.635. The Morgan fingerprint density at radius 1 is 1.25 bits per heavy atom. The molecule has 172 valence electrons. The van der Waals surface area contributed by atoms with Gasteiger partial charge in [-0.25, -0.2) is 4.79 Å². The van der Waals surface area contributed by atoms with Gasteiger partial charge in [-0.1, -0.05) is 36.4 Å². The topological polar surface area (TPSA) is 84.4 Å². The minimum Gasteiger partial charge on any atom is -0.440 e. The minimum atomic E-state index is -0.598. The van der Waals surface area contributed by atoms with Gasteiger partial charge in [0.25, 0.3) is 0 Å². The number of hydrogen-bond acceptors (Lipinski definition) is 7. The van der Waals surface area contributed by atoms with E-state index in [4.69, 9.17) is 19.2 Å². The molecule has 1 amide bonds. The molecule has 0 saturated heterocycles. The van der Waals surface area contributed by atoms with E-state index >= 15 is 0 Å². The van der Waals surface area contributed by atoms with Crippen LogP contribution in [0.25, 0.3) is 0 Å². The first-order valence-electron chi connectivity index (χ1n) is 11.1. The lowest BCUT2D eigenvalue weighted by atomic mass is 9.85. The van der Waals surface area contributed by atoms with Crippen molar-refractivity contribution in [2.24, 2.45) is 4.99 Å². The molecule has 3 heterocycles. The number of rotatable bonds is 7. The number of alkyl carbamates (subject to hydrolysis) is 1. The summed E-state index contributed by atoms with van der Waals surface area (Å²) in [6.07, 6.45) is 0.573. The van der Waals surface area contributed by atoms with Crippen molar-refractivity contribution >= 4 is 11.8 Å². The fraction of sp³-hybridized carbons (Fsp3) is 0.500. The van der Waals surface area contributed by atoms with Crippen LogP contribution in [-0.4, -0.2) is 68.5 Å². The van der Waals surface area contributed by atoms with Crippen molar-refractivity contribution in [1.29, 1.82) is 0 Å². The summed E-state index contributed by atoms with van der Waals surface area (Å²) in [4.78, 5) is 19.9. The number of carbonyl (C=O) groups is 1. The van der Waals surface area contributed by atoms with Crippen LogP contribution in [0.3, 0.4) is 0 Å². The molecule has 3 aliphatic heterocycles. The van der Waals surface area contributed by atoms with Crippen LogP contribution in [0, 0.1) is 0 Å². The molecule has 32 heavy (non-hydrogen) atoms. The Bertz CT molecular complexity index is 927. The maximum Gasteiger partial charge on any atom is 0.407 e. The predicted octanol–water partition coefficient (Wildman–Crippen LogP) is 2.75. The zero-order chi connectivity index (χ0) is 22.7. The lowest BCUT2D eigenvalue weighted by molar-refractivity contribution is -0.0493. The summed E-state index contributed by atoms with van der Waals surface area (Å²) in [6.45, 7) is 8.13. The Balaban J connectivity index is 1.76. The molecule has 0 fully saturated rings. The molecular formula is C24H32N4O4. The van der Waals surface area contributed by atoms with E-state index in [2.05, 4.69) is 35.5 Å². The highest BCUT2D eigenvalue weighted by molar-refractivity contribution is 6.07. The predicted molar refractivity (Wildman–Crippen MR) is 122 cm³/mol. The number of benzene rings is 1. The third-order valence-corrected chi connectivity index (χ3v) is 6.19. The number of carbonyl (C=O) groups excluding carboxylic acids is 1. The summed E-state index contributed by atoms with van der Waals surface area (Å²) in [7, 11) is 1.64. The third kappa shape index (κ3) is 4.25. The largest absolute Gasteiger partial charge is 0.440 e. The van der Waals surface area contributed by atoms with Crippen LogP contribution in [0.5, 0.6) is 0 Å². The van der Waals surface area contributed by atoms with E-state index in [9.17, 15) is 4.79 Å². The van der Waals surface area contributed by atoms with Crippen LogP contribution >= 0.6 is 0 Å². The molecule has 1 aromatic carbocycles. The minimum absolute atomic E-state index is 0.0554. The summed E-state index contributed by atoms with van der Waals surface area (Å²) >= 11 is 0. The monoisotopic (exact) mass is 440 g/mol. The zero-order valence-electron chi connectivity index (χ0n) is 19.1. The lowest BCUT2D eigenvalue weighted by Gasteiger charge is -2.43. The van der Waals surface area contributed by atoms with E-state index in [1.54, 1.807) is 7.11 Å². The van der Waals surface area contributed by atoms with Gasteiger partial charge in [0.2, 0.25) is 0 Å². The van der Waals surface area contributed by atoms with E-state index in [1.807, 2.05) is 37.3 Å². The molecule has 8 nitrogen and oxygen atoms in total. The molecule has 0 saturated carbocycles. The van der Waals surface area contributed by atoms with Gasteiger partial charge in [0, 0.05) is 37.2 Å². The third-order valence-electron chi connectivity index (χ3n) is 6.19. The smallest absolute Gasteiger partial charge is 0.407 e. The normalized spacial score (nSPS) is 26.6. The van der Waals surface area contributed by atoms with Crippen molar-refractivity contribution in [3.05, 3.63) is 58.9 Å². The number of amides is 1. The molecule has 0 radical (unpaired) electrons. The van der Waals surface area contributed by atoms with E-state index in [0.717, 1.165) is 29.1 Å². The fourth-order valence-electron chi connectivity index (χ4n) is 4.48. The van der Waals surface area contributed by atoms with Crippen LogP contribution in [0.4, 0.5) is 4.79 Å². The Hall–Kier alpha value is -2.84. The molecule has 1 aromatic rings. The zero-order valence-corrected chi connectivity index (χ0v) is 19.1. The van der Waals surface area contributed by atoms with E-state index < -0.39 is 18.3 Å². The summed E-state index contributed by atoms with van der Waals surface area (Å²) in [5.41, 5.74) is 5.23. The molecular weight excluding hydrogens is 408 g/mol. The van der Waals surface area contributed by atoms with Gasteiger partial charge in [-0.3, -0.25) is 4.99 Å². The maximum absolute atomic E-state index is 12.5. The fourth-order valence-corrected chi connectivity index (χ4v) is 4.48. The van der Waals surface area contributed by atoms with Gasteiger partial charge in [-0.15, -0.1) is 0 Å². The van der Waals surface area contributed by atoms with Gasteiger partial charge < -0.3 is 29.7 Å². The Labute approximate surface area is 189 Å². The van der Waals surface area contributed by atoms with Gasteiger partial charge in [0.15, 0.2) is 6.10 Å². The second kappa shape index (κ2) is 9.75. The van der Waals surface area contributed by atoms with Crippen LogP contribution in [-0.2, 0) is 14.2 Å². The molecule has 0 spiro atoms. The standard InChI is InChI=1S/C24H32N4O4/c1-5-25-24(29)32-22-19(17-9-7-6-8-10-17)27-20-18(21(22)31-14-13-30-4)11-12-28-16(3)15(2)26-23(20)28/h6-11,19,21-23,26H,5,12-14H2,1-4H3,(H,25,29)/t19-,21-,22-,23?/m1/s1. The van der Waals surface area contributed by atoms with Crippen molar-refractivity contribution in [1.82, 2.24) is 15.5 Å². The molecule has 0 bridgehead atoms. The summed E-state index contributed by atoms with van der Waals surface area (Å²) in [5, 5.41) is 6.31. The average Bonchev–Trinajstić information content (AvgIpc) is 3.09. The molecule has 4 atom stereocenters. The Morgan fingerprint density at radius 2 is 2.03 bits per heavy atom. The molecule has 3 aliphatic rings. The number of allylic oxidation sites excluding steroid dienone is 2. The number of ether oxygens (including phenoxy) is 3. The second-order valence-corrected chi connectivity index (χ2v) is 8.12. The highest BCUT2D eigenvalue weighted by Gasteiger charge is 2.47. The number of nitrogens with zero attached hydrogens (tertiary/aromatic N) is 2. The van der Waals surface area contributed by atoms with Crippen molar-refractivity contribution in [2.45, 2.75) is 45.2 Å². The van der Waals surface area contributed by atoms with Crippen molar-refractivity contribution in [2.75, 3.05) is 33.4 Å². The highest BCUT2D eigenvalue weighted by Crippen LogP contribution is 2.39. The lowest BCUT2D eigenvalue weighted by Crippen LogP contribution is -2.55. The van der Waals surface area contributed by atoms with Crippen LogP contribution in [0.15, 0.2) is 58.4 Å². The molecule has 2 N–H and O–H groups in total. The Morgan fingerprint density at radius 3 is 2.75 bits per heavy atom. The molecule has 1 unspecified atom stereocenters. The van der Waals surface area contributed by atoms with Gasteiger partial charge in [0.05, 0.1) is 18.9 Å². The van der Waals surface area contributed by atoms with Crippen molar-refractivity contribution in [3.63, 3.8) is 0 Å². The second-order valence-electron chi connectivity index (χ2n) is 8.12. The van der Waals surface area contributed by atoms with E-state index in [1.165, 1.54) is 5.70 Å². The van der Waals surface area contributed by atoms with Crippen molar-refractivity contribution < 1.29 is 19.0 Å². The van der Waals surface area contributed by atoms with Gasteiger partial charge in [0.1, 0.15) is 18.3 Å². The molecule has 4 rings (SSSR count). The van der Waals surface area contributed by atoms with Gasteiger partial charge in [-0.05, 0) is 26.3 Å². The number of nitrogens with one attached hydrogen (secondary N) is 2. The molecule has 8 heteroatoms. The average molecular weight is 441 g/mol. The van der Waals surface area contributed by atoms with Crippen LogP contribution in [0.1, 0.15) is 32.4 Å². The summed E-state index contributed by atoms with van der Waals surface area (Å²) < 4.78 is 17.4. The van der Waals surface area contributed by atoms with Crippen LogP contribution < -0.4 is 10.6 Å². The first-order valence-corrected chi connectivity index (χ1v) is 11.1. The summed E-state index contributed by atoms with van der Waals surface area (Å²) in [5.74, 6) is 0.